The summed E-state index contributed by atoms with van der Waals surface area (Å²) >= 11 is 1.34. The molecule has 156 valence electrons. The lowest BCUT2D eigenvalue weighted by Gasteiger charge is -2.24. The van der Waals surface area contributed by atoms with Crippen LogP contribution in [0.4, 0.5) is 13.2 Å². The Hall–Kier alpha value is -2.46. The van der Waals surface area contributed by atoms with Crippen molar-refractivity contribution < 1.29 is 27.2 Å². The zero-order valence-corrected chi connectivity index (χ0v) is 16.2. The molecule has 2 aromatic rings. The van der Waals surface area contributed by atoms with Crippen molar-refractivity contribution in [2.75, 3.05) is 12.3 Å². The number of hydrogen-bond donors (Lipinski definition) is 2. The van der Waals surface area contributed by atoms with Gasteiger partial charge < -0.3 is 20.4 Å². The quantitative estimate of drug-likeness (QED) is 0.662. The topological polar surface area (TPSA) is 88.6 Å². The number of nitrogens with zero attached hydrogens (tertiary/aromatic N) is 1. The van der Waals surface area contributed by atoms with Crippen molar-refractivity contribution in [1.29, 1.82) is 0 Å². The predicted octanol–water partition coefficient (Wildman–Crippen LogP) is 2.17. The van der Waals surface area contributed by atoms with Gasteiger partial charge in [-0.2, -0.15) is 0 Å². The van der Waals surface area contributed by atoms with Gasteiger partial charge in [0.1, 0.15) is 5.82 Å². The van der Waals surface area contributed by atoms with Crippen LogP contribution in [0.5, 0.6) is 0 Å². The molecule has 2 heterocycles. The summed E-state index contributed by atoms with van der Waals surface area (Å²) < 4.78 is 45.1. The second-order valence-electron chi connectivity index (χ2n) is 6.69. The molecule has 0 radical (unpaired) electrons. The highest BCUT2D eigenvalue weighted by Gasteiger charge is 2.35. The SMILES string of the molecule is NC(CC(=O)N1CCSC1C(=O)NCc1ccoc1)Cc1cc(F)c(F)cc1F. The first-order chi connectivity index (χ1) is 13.8. The fourth-order valence-corrected chi connectivity index (χ4v) is 4.19. The number of nitrogens with one attached hydrogen (secondary N) is 1. The van der Waals surface area contributed by atoms with Crippen molar-refractivity contribution in [3.63, 3.8) is 0 Å². The molecule has 1 aromatic carbocycles. The Labute approximate surface area is 169 Å². The molecule has 10 heteroatoms. The Bertz CT molecular complexity index is 879. The van der Waals surface area contributed by atoms with Gasteiger partial charge in [0.25, 0.3) is 5.91 Å². The van der Waals surface area contributed by atoms with Crippen molar-refractivity contribution in [2.45, 2.75) is 30.8 Å². The highest BCUT2D eigenvalue weighted by molar-refractivity contribution is 8.00. The number of nitrogens with two attached hydrogens (primary N) is 1. The summed E-state index contributed by atoms with van der Waals surface area (Å²) in [6.45, 7) is 0.670. The lowest BCUT2D eigenvalue weighted by Crippen LogP contribution is -2.46. The molecular weight excluding hydrogens is 407 g/mol. The van der Waals surface area contributed by atoms with E-state index in [0.717, 1.165) is 11.6 Å². The minimum absolute atomic E-state index is 0.102. The van der Waals surface area contributed by atoms with E-state index in [1.807, 2.05) is 0 Å². The highest BCUT2D eigenvalue weighted by Crippen LogP contribution is 2.25. The zero-order chi connectivity index (χ0) is 21.0. The predicted molar refractivity (Wildman–Crippen MR) is 101 cm³/mol. The van der Waals surface area contributed by atoms with E-state index in [0.29, 0.717) is 18.4 Å². The summed E-state index contributed by atoms with van der Waals surface area (Å²) in [5, 5.41) is 2.07. The Kier molecular flexibility index (Phi) is 6.86. The second-order valence-corrected chi connectivity index (χ2v) is 7.87. The number of furan rings is 1. The fourth-order valence-electron chi connectivity index (χ4n) is 3.03. The van der Waals surface area contributed by atoms with Crippen molar-refractivity contribution in [3.05, 3.63) is 59.3 Å². The van der Waals surface area contributed by atoms with Crippen LogP contribution in [0.2, 0.25) is 0 Å². The molecule has 0 spiro atoms. The maximum Gasteiger partial charge on any atom is 0.253 e. The average Bonchev–Trinajstić information content (AvgIpc) is 3.35. The van der Waals surface area contributed by atoms with Gasteiger partial charge in [0.15, 0.2) is 17.0 Å². The summed E-state index contributed by atoms with van der Waals surface area (Å²) in [7, 11) is 0. The van der Waals surface area contributed by atoms with Gasteiger partial charge in [0, 0.05) is 42.9 Å². The first kappa shape index (κ1) is 21.3. The van der Waals surface area contributed by atoms with Gasteiger partial charge in [0.2, 0.25) is 5.91 Å². The van der Waals surface area contributed by atoms with Crippen LogP contribution in [0.1, 0.15) is 17.5 Å². The van der Waals surface area contributed by atoms with E-state index in [-0.39, 0.29) is 36.8 Å². The van der Waals surface area contributed by atoms with E-state index >= 15 is 0 Å². The van der Waals surface area contributed by atoms with Gasteiger partial charge in [-0.3, -0.25) is 9.59 Å². The molecule has 6 nitrogen and oxygen atoms in total. The second kappa shape index (κ2) is 9.36. The molecule has 3 rings (SSSR count). The summed E-state index contributed by atoms with van der Waals surface area (Å²) in [6.07, 6.45) is 2.73. The van der Waals surface area contributed by atoms with Crippen LogP contribution in [-0.4, -0.2) is 40.4 Å². The van der Waals surface area contributed by atoms with Gasteiger partial charge in [-0.25, -0.2) is 13.2 Å². The van der Waals surface area contributed by atoms with Gasteiger partial charge in [-0.15, -0.1) is 11.8 Å². The van der Waals surface area contributed by atoms with Crippen LogP contribution in [0.25, 0.3) is 0 Å². The van der Waals surface area contributed by atoms with Crippen LogP contribution in [-0.2, 0) is 22.6 Å². The van der Waals surface area contributed by atoms with Gasteiger partial charge in [-0.05, 0) is 24.1 Å². The molecule has 0 aliphatic carbocycles. The first-order valence-electron chi connectivity index (χ1n) is 8.94. The van der Waals surface area contributed by atoms with E-state index in [4.69, 9.17) is 10.2 Å². The van der Waals surface area contributed by atoms with Crippen molar-refractivity contribution in [3.8, 4) is 0 Å². The Morgan fingerprint density at radius 2 is 2.03 bits per heavy atom. The number of rotatable bonds is 7. The monoisotopic (exact) mass is 427 g/mol. The summed E-state index contributed by atoms with van der Waals surface area (Å²) in [5.41, 5.74) is 6.63. The normalized spacial score (nSPS) is 17.4. The van der Waals surface area contributed by atoms with E-state index in [2.05, 4.69) is 5.32 Å². The zero-order valence-electron chi connectivity index (χ0n) is 15.4. The molecule has 1 saturated heterocycles. The van der Waals surface area contributed by atoms with Crippen LogP contribution in [0.15, 0.2) is 35.1 Å². The van der Waals surface area contributed by atoms with Gasteiger partial charge in [0.05, 0.1) is 12.5 Å². The third-order valence-electron chi connectivity index (χ3n) is 4.49. The Morgan fingerprint density at radius 1 is 1.28 bits per heavy atom. The summed E-state index contributed by atoms with van der Waals surface area (Å²) in [6, 6.07) is 2.12. The van der Waals surface area contributed by atoms with Crippen LogP contribution >= 0.6 is 11.8 Å². The smallest absolute Gasteiger partial charge is 0.253 e. The number of carbonyl (C=O) groups is 2. The number of carbonyl (C=O) groups excluding carboxylic acids is 2. The highest BCUT2D eigenvalue weighted by atomic mass is 32.2. The number of benzene rings is 1. The molecule has 2 amide bonds. The molecule has 3 N–H and O–H groups in total. The average molecular weight is 427 g/mol. The third-order valence-corrected chi connectivity index (χ3v) is 5.69. The first-order valence-corrected chi connectivity index (χ1v) is 9.99. The molecule has 1 fully saturated rings. The van der Waals surface area contributed by atoms with E-state index < -0.39 is 28.9 Å². The minimum Gasteiger partial charge on any atom is -0.472 e. The third kappa shape index (κ3) is 5.33. The van der Waals surface area contributed by atoms with Gasteiger partial charge >= 0.3 is 0 Å². The standard InChI is InChI=1S/C19H20F3N3O3S/c20-14-8-16(22)15(21)6-12(14)5-13(23)7-17(26)25-2-4-29-19(25)18(27)24-9-11-1-3-28-10-11/h1,3,6,8,10,13,19H,2,4-5,7,9,23H2,(H,24,27). The Balaban J connectivity index is 1.56. The molecule has 0 bridgehead atoms. The maximum atomic E-state index is 13.8. The number of hydrogen-bond acceptors (Lipinski definition) is 5. The van der Waals surface area contributed by atoms with E-state index in [9.17, 15) is 22.8 Å². The number of halogens is 3. The number of thioether (sulfide) groups is 1. The van der Waals surface area contributed by atoms with Crippen LogP contribution in [0.3, 0.4) is 0 Å². The van der Waals surface area contributed by atoms with Crippen LogP contribution in [0, 0.1) is 17.5 Å². The molecular formula is C19H20F3N3O3S. The lowest BCUT2D eigenvalue weighted by atomic mass is 10.0. The molecule has 2 atom stereocenters. The Morgan fingerprint density at radius 3 is 2.76 bits per heavy atom. The maximum absolute atomic E-state index is 13.8. The van der Waals surface area contributed by atoms with E-state index in [1.165, 1.54) is 29.2 Å². The molecule has 1 aliphatic rings. The summed E-state index contributed by atoms with van der Waals surface area (Å²) in [5.74, 6) is -3.43. The summed E-state index contributed by atoms with van der Waals surface area (Å²) in [4.78, 5) is 26.5. The van der Waals surface area contributed by atoms with Gasteiger partial charge in [-0.1, -0.05) is 0 Å². The largest absolute Gasteiger partial charge is 0.472 e. The molecule has 2 unspecified atom stereocenters. The number of amides is 2. The van der Waals surface area contributed by atoms with Crippen molar-refractivity contribution in [2.24, 2.45) is 5.73 Å². The molecule has 29 heavy (non-hydrogen) atoms. The minimum atomic E-state index is -1.28. The molecule has 1 aliphatic heterocycles. The molecule has 0 saturated carbocycles. The van der Waals surface area contributed by atoms with Crippen molar-refractivity contribution >= 4 is 23.6 Å². The van der Waals surface area contributed by atoms with E-state index in [1.54, 1.807) is 6.07 Å². The molecule has 1 aromatic heterocycles. The van der Waals surface area contributed by atoms with Crippen LogP contribution < -0.4 is 11.1 Å². The fraction of sp³-hybridized carbons (Fsp3) is 0.368. The lowest BCUT2D eigenvalue weighted by molar-refractivity contribution is -0.136. The van der Waals surface area contributed by atoms with Crippen molar-refractivity contribution in [1.82, 2.24) is 10.2 Å².